The number of nitrogens with zero attached hydrogens (tertiary/aromatic N) is 2. The third-order valence-electron chi connectivity index (χ3n) is 7.10. The molecule has 2 N–H and O–H groups in total. The summed E-state index contributed by atoms with van der Waals surface area (Å²) in [5, 5.41) is 18.5. The molecule has 0 bridgehead atoms. The van der Waals surface area contributed by atoms with Crippen molar-refractivity contribution < 1.29 is 15.0 Å². The molecule has 1 fully saturated rings. The van der Waals surface area contributed by atoms with Crippen molar-refractivity contribution in [3.05, 3.63) is 0 Å². The average molecular weight is 469 g/mol. The molecule has 0 aromatic heterocycles. The van der Waals surface area contributed by atoms with Gasteiger partial charge in [0.25, 0.3) is 0 Å². The Morgan fingerprint density at radius 2 is 1.06 bits per heavy atom. The Morgan fingerprint density at radius 3 is 1.48 bits per heavy atom. The molecule has 0 amide bonds. The highest BCUT2D eigenvalue weighted by Gasteiger charge is 2.20. The lowest BCUT2D eigenvalue weighted by molar-refractivity contribution is -0.120. The molecule has 1 heterocycles. The molecular formula is C28H56N2O3. The van der Waals surface area contributed by atoms with Crippen LogP contribution in [0.5, 0.6) is 0 Å². The van der Waals surface area contributed by atoms with Crippen molar-refractivity contribution in [1.82, 2.24) is 9.80 Å². The Labute approximate surface area is 205 Å². The molecule has 5 nitrogen and oxygen atoms in total. The molecule has 0 aromatic carbocycles. The standard InChI is InChI=1S/C28H56N2O3/c1-2-3-4-5-6-7-8-9-10-11-12-13-14-15-16-17-18-19-27(32)24-29-20-22-30(23-21-29)25-28(33)26-31/h28,31,33H,2-26H2,1H3. The smallest absolute Gasteiger partial charge is 0.146 e. The molecule has 0 aliphatic carbocycles. The van der Waals surface area contributed by atoms with E-state index in [0.29, 0.717) is 18.9 Å². The van der Waals surface area contributed by atoms with E-state index in [1.807, 2.05) is 0 Å². The summed E-state index contributed by atoms with van der Waals surface area (Å²) in [5.41, 5.74) is 0. The SMILES string of the molecule is CCCCCCCCCCCCCCCCCCCC(=O)CN1CCN(CC(O)CO)CC1. The minimum absolute atomic E-state index is 0.182. The molecule has 1 atom stereocenters. The number of ketones is 1. The molecule has 33 heavy (non-hydrogen) atoms. The third-order valence-corrected chi connectivity index (χ3v) is 7.10. The van der Waals surface area contributed by atoms with Crippen molar-refractivity contribution in [2.45, 2.75) is 129 Å². The van der Waals surface area contributed by atoms with Crippen LogP contribution in [0.15, 0.2) is 0 Å². The molecule has 0 aromatic rings. The summed E-state index contributed by atoms with van der Waals surface area (Å²) < 4.78 is 0. The Hall–Kier alpha value is -0.490. The highest BCUT2D eigenvalue weighted by molar-refractivity contribution is 5.80. The van der Waals surface area contributed by atoms with Crippen molar-refractivity contribution in [2.75, 3.05) is 45.9 Å². The van der Waals surface area contributed by atoms with Crippen molar-refractivity contribution in [3.8, 4) is 0 Å². The first-order valence-electron chi connectivity index (χ1n) is 14.4. The normalized spacial score (nSPS) is 16.3. The van der Waals surface area contributed by atoms with Gasteiger partial charge in [-0.25, -0.2) is 0 Å². The zero-order chi connectivity index (χ0) is 24.0. The summed E-state index contributed by atoms with van der Waals surface area (Å²) in [6.45, 7) is 6.69. The van der Waals surface area contributed by atoms with E-state index in [2.05, 4.69) is 16.7 Å². The average Bonchev–Trinajstić information content (AvgIpc) is 2.82. The summed E-state index contributed by atoms with van der Waals surface area (Å²) >= 11 is 0. The molecule has 1 rings (SSSR count). The van der Waals surface area contributed by atoms with Gasteiger partial charge in [0.15, 0.2) is 0 Å². The van der Waals surface area contributed by atoms with E-state index in [4.69, 9.17) is 5.11 Å². The molecule has 0 saturated carbocycles. The number of rotatable bonds is 23. The van der Waals surface area contributed by atoms with Crippen molar-refractivity contribution >= 4 is 5.78 Å². The number of piperazine rings is 1. The van der Waals surface area contributed by atoms with Gasteiger partial charge in [-0.05, 0) is 6.42 Å². The second kappa shape index (κ2) is 22.0. The van der Waals surface area contributed by atoms with Gasteiger partial charge in [-0.1, -0.05) is 110 Å². The summed E-state index contributed by atoms with van der Waals surface area (Å²) in [6.07, 6.45) is 23.3. The van der Waals surface area contributed by atoms with Crippen LogP contribution in [0.3, 0.4) is 0 Å². The van der Waals surface area contributed by atoms with Crippen molar-refractivity contribution in [3.63, 3.8) is 0 Å². The minimum Gasteiger partial charge on any atom is -0.394 e. The Bertz CT molecular complexity index is 439. The molecule has 1 aliphatic heterocycles. The second-order valence-electron chi connectivity index (χ2n) is 10.4. The predicted octanol–water partition coefficient (Wildman–Crippen LogP) is 5.57. The molecule has 1 aliphatic rings. The van der Waals surface area contributed by atoms with Crippen LogP contribution in [-0.2, 0) is 4.79 Å². The van der Waals surface area contributed by atoms with Gasteiger partial charge in [-0.3, -0.25) is 14.6 Å². The van der Waals surface area contributed by atoms with Crippen LogP contribution < -0.4 is 0 Å². The Balaban J connectivity index is 1.80. The van der Waals surface area contributed by atoms with Gasteiger partial charge in [0.2, 0.25) is 0 Å². The molecule has 1 saturated heterocycles. The van der Waals surface area contributed by atoms with Crippen LogP contribution >= 0.6 is 0 Å². The van der Waals surface area contributed by atoms with Gasteiger partial charge in [0.1, 0.15) is 5.78 Å². The summed E-state index contributed by atoms with van der Waals surface area (Å²) in [5.74, 6) is 0.375. The molecule has 196 valence electrons. The maximum absolute atomic E-state index is 12.2. The minimum atomic E-state index is -0.655. The molecule has 5 heteroatoms. The van der Waals surface area contributed by atoms with Crippen LogP contribution in [0.25, 0.3) is 0 Å². The van der Waals surface area contributed by atoms with Gasteiger partial charge in [0.05, 0.1) is 19.3 Å². The fourth-order valence-corrected chi connectivity index (χ4v) is 4.86. The second-order valence-corrected chi connectivity index (χ2v) is 10.4. The van der Waals surface area contributed by atoms with Crippen LogP contribution in [0.2, 0.25) is 0 Å². The monoisotopic (exact) mass is 468 g/mol. The summed E-state index contributed by atoms with van der Waals surface area (Å²) in [7, 11) is 0. The van der Waals surface area contributed by atoms with Crippen LogP contribution in [0.4, 0.5) is 0 Å². The number of β-amino-alcohol motifs (C(OH)–C–C–N with tert-alkyl or cyclic N) is 1. The first-order valence-corrected chi connectivity index (χ1v) is 14.4. The highest BCUT2D eigenvalue weighted by atomic mass is 16.3. The number of unbranched alkanes of at least 4 members (excludes halogenated alkanes) is 16. The van der Waals surface area contributed by atoms with Gasteiger partial charge in [-0.15, -0.1) is 0 Å². The first-order chi connectivity index (χ1) is 16.2. The summed E-state index contributed by atoms with van der Waals surface area (Å²) in [6, 6.07) is 0. The molecule has 0 spiro atoms. The van der Waals surface area contributed by atoms with Crippen LogP contribution in [0, 0.1) is 0 Å². The largest absolute Gasteiger partial charge is 0.394 e. The molecule has 1 unspecified atom stereocenters. The van der Waals surface area contributed by atoms with Crippen LogP contribution in [-0.4, -0.2) is 77.8 Å². The highest BCUT2D eigenvalue weighted by Crippen LogP contribution is 2.14. The number of hydrogen-bond donors (Lipinski definition) is 2. The number of Topliss-reactive ketones (excluding diaryl/α,β-unsaturated/α-hetero) is 1. The maximum atomic E-state index is 12.2. The van der Waals surface area contributed by atoms with E-state index in [9.17, 15) is 9.90 Å². The quantitative estimate of drug-likeness (QED) is 0.192. The maximum Gasteiger partial charge on any atom is 0.146 e. The lowest BCUT2D eigenvalue weighted by Gasteiger charge is -2.35. The van der Waals surface area contributed by atoms with E-state index in [1.165, 1.54) is 103 Å². The number of hydrogen-bond acceptors (Lipinski definition) is 5. The topological polar surface area (TPSA) is 64.0 Å². The van der Waals surface area contributed by atoms with Gasteiger partial charge in [0, 0.05) is 39.1 Å². The van der Waals surface area contributed by atoms with Crippen molar-refractivity contribution in [2.24, 2.45) is 0 Å². The van der Waals surface area contributed by atoms with E-state index in [-0.39, 0.29) is 6.61 Å². The van der Waals surface area contributed by atoms with Gasteiger partial charge < -0.3 is 10.2 Å². The third kappa shape index (κ3) is 18.5. The zero-order valence-corrected chi connectivity index (χ0v) is 22.0. The Morgan fingerprint density at radius 1 is 0.667 bits per heavy atom. The first kappa shape index (κ1) is 30.5. The van der Waals surface area contributed by atoms with Gasteiger partial charge >= 0.3 is 0 Å². The Kier molecular flexibility index (Phi) is 20.4. The molecular weight excluding hydrogens is 412 g/mol. The lowest BCUT2D eigenvalue weighted by Crippen LogP contribution is -2.50. The number of aliphatic hydroxyl groups excluding tert-OH is 2. The number of carbonyl (C=O) groups is 1. The zero-order valence-electron chi connectivity index (χ0n) is 22.0. The fourth-order valence-electron chi connectivity index (χ4n) is 4.86. The van der Waals surface area contributed by atoms with E-state index in [0.717, 1.165) is 39.0 Å². The van der Waals surface area contributed by atoms with E-state index in [1.54, 1.807) is 0 Å². The number of aliphatic hydroxyl groups is 2. The fraction of sp³-hybridized carbons (Fsp3) is 0.964. The molecule has 0 radical (unpaired) electrons. The number of carbonyl (C=O) groups excluding carboxylic acids is 1. The van der Waals surface area contributed by atoms with Crippen molar-refractivity contribution in [1.29, 1.82) is 0 Å². The lowest BCUT2D eigenvalue weighted by atomic mass is 10.0. The van der Waals surface area contributed by atoms with Crippen LogP contribution in [0.1, 0.15) is 122 Å². The van der Waals surface area contributed by atoms with E-state index >= 15 is 0 Å². The van der Waals surface area contributed by atoms with Gasteiger partial charge in [-0.2, -0.15) is 0 Å². The predicted molar refractivity (Wildman–Crippen MR) is 140 cm³/mol. The van der Waals surface area contributed by atoms with E-state index < -0.39 is 6.10 Å². The summed E-state index contributed by atoms with van der Waals surface area (Å²) in [4.78, 5) is 16.6.